The maximum Gasteiger partial charge on any atom is 0.238 e. The van der Waals surface area contributed by atoms with Crippen LogP contribution in [0.5, 0.6) is 11.5 Å². The lowest BCUT2D eigenvalue weighted by Gasteiger charge is -2.31. The number of nitrogens with zero attached hydrogens (tertiary/aromatic N) is 3. The maximum atomic E-state index is 12.4. The van der Waals surface area contributed by atoms with Crippen molar-refractivity contribution in [3.63, 3.8) is 0 Å². The van der Waals surface area contributed by atoms with Gasteiger partial charge in [-0.25, -0.2) is 4.98 Å². The molecule has 1 amide bonds. The van der Waals surface area contributed by atoms with Crippen LogP contribution in [0.1, 0.15) is 18.7 Å². The molecule has 1 aromatic carbocycles. The number of aromatic nitrogens is 2. The minimum Gasteiger partial charge on any atom is -0.497 e. The number of nitrogens with one attached hydrogen (secondary N) is 1. The molecule has 0 unspecified atom stereocenters. The number of benzene rings is 1. The van der Waals surface area contributed by atoms with Crippen LogP contribution in [-0.2, 0) is 11.3 Å². The van der Waals surface area contributed by atoms with Gasteiger partial charge in [-0.1, -0.05) is 0 Å². The number of anilines is 1. The van der Waals surface area contributed by atoms with Crippen molar-refractivity contribution in [3.8, 4) is 11.5 Å². The average Bonchev–Trinajstić information content (AvgIpc) is 3.08. The Morgan fingerprint density at radius 2 is 2.04 bits per heavy atom. The van der Waals surface area contributed by atoms with Crippen LogP contribution >= 0.6 is 0 Å². The van der Waals surface area contributed by atoms with Crippen LogP contribution in [0.3, 0.4) is 0 Å². The number of carbonyl (C=O) groups is 1. The van der Waals surface area contributed by atoms with Crippen LogP contribution in [0.15, 0.2) is 30.6 Å². The SMILES string of the molecule is COc1ccc(NC(=O)CN2CCC(Cn3ccnc3C)CC2)c(OC)c1. The Balaban J connectivity index is 1.47. The number of likely N-dealkylation sites (tertiary alicyclic amines) is 1. The third-order valence-corrected chi connectivity index (χ3v) is 5.14. The number of rotatable bonds is 7. The van der Waals surface area contributed by atoms with E-state index in [1.54, 1.807) is 26.4 Å². The van der Waals surface area contributed by atoms with Gasteiger partial charge in [-0.2, -0.15) is 0 Å². The first-order valence-corrected chi connectivity index (χ1v) is 9.31. The zero-order chi connectivity index (χ0) is 19.2. The van der Waals surface area contributed by atoms with E-state index < -0.39 is 0 Å². The van der Waals surface area contributed by atoms with Crippen molar-refractivity contribution in [2.75, 3.05) is 39.2 Å². The number of imidazole rings is 1. The molecule has 0 aliphatic carbocycles. The molecule has 0 atom stereocenters. The second kappa shape index (κ2) is 8.90. The molecule has 7 heteroatoms. The summed E-state index contributed by atoms with van der Waals surface area (Å²) in [7, 11) is 3.18. The van der Waals surface area contributed by atoms with Crippen molar-refractivity contribution in [1.82, 2.24) is 14.5 Å². The summed E-state index contributed by atoms with van der Waals surface area (Å²) in [5, 5.41) is 2.94. The molecule has 0 bridgehead atoms. The van der Waals surface area contributed by atoms with Crippen LogP contribution in [0.25, 0.3) is 0 Å². The molecular weight excluding hydrogens is 344 g/mol. The summed E-state index contributed by atoms with van der Waals surface area (Å²) in [6, 6.07) is 5.37. The Morgan fingerprint density at radius 1 is 1.26 bits per heavy atom. The van der Waals surface area contributed by atoms with Crippen molar-refractivity contribution in [2.24, 2.45) is 5.92 Å². The first-order valence-electron chi connectivity index (χ1n) is 9.31. The molecule has 146 valence electrons. The molecule has 2 aromatic rings. The van der Waals surface area contributed by atoms with E-state index in [0.717, 1.165) is 38.3 Å². The van der Waals surface area contributed by atoms with Gasteiger partial charge < -0.3 is 19.4 Å². The first-order chi connectivity index (χ1) is 13.1. The van der Waals surface area contributed by atoms with Crippen molar-refractivity contribution in [1.29, 1.82) is 0 Å². The summed E-state index contributed by atoms with van der Waals surface area (Å²) in [4.78, 5) is 18.9. The highest BCUT2D eigenvalue weighted by Gasteiger charge is 2.22. The van der Waals surface area contributed by atoms with Gasteiger partial charge in [0.25, 0.3) is 0 Å². The van der Waals surface area contributed by atoms with E-state index in [-0.39, 0.29) is 5.91 Å². The van der Waals surface area contributed by atoms with Gasteiger partial charge in [0.05, 0.1) is 26.5 Å². The molecule has 1 saturated heterocycles. The summed E-state index contributed by atoms with van der Waals surface area (Å²) in [5.41, 5.74) is 0.661. The van der Waals surface area contributed by atoms with Crippen molar-refractivity contribution < 1.29 is 14.3 Å². The Hall–Kier alpha value is -2.54. The molecule has 2 heterocycles. The Morgan fingerprint density at radius 3 is 2.67 bits per heavy atom. The fourth-order valence-corrected chi connectivity index (χ4v) is 3.50. The van der Waals surface area contributed by atoms with Gasteiger partial charge in [-0.3, -0.25) is 9.69 Å². The second-order valence-corrected chi connectivity index (χ2v) is 6.96. The largest absolute Gasteiger partial charge is 0.497 e. The van der Waals surface area contributed by atoms with Crippen LogP contribution in [0, 0.1) is 12.8 Å². The van der Waals surface area contributed by atoms with Crippen LogP contribution < -0.4 is 14.8 Å². The van der Waals surface area contributed by atoms with E-state index in [4.69, 9.17) is 9.47 Å². The highest BCUT2D eigenvalue weighted by Crippen LogP contribution is 2.29. The predicted octanol–water partition coefficient (Wildman–Crippen LogP) is 2.56. The van der Waals surface area contributed by atoms with Crippen molar-refractivity contribution in [2.45, 2.75) is 26.3 Å². The van der Waals surface area contributed by atoms with E-state index in [1.807, 2.05) is 25.4 Å². The number of amides is 1. The number of carbonyl (C=O) groups excluding carboxylic acids is 1. The highest BCUT2D eigenvalue weighted by molar-refractivity contribution is 5.93. The smallest absolute Gasteiger partial charge is 0.238 e. The number of hydrogen-bond donors (Lipinski definition) is 1. The number of aryl methyl sites for hydroxylation is 1. The fourth-order valence-electron chi connectivity index (χ4n) is 3.50. The molecule has 3 rings (SSSR count). The van der Waals surface area contributed by atoms with Crippen LogP contribution in [0.4, 0.5) is 5.69 Å². The first kappa shape index (κ1) is 19.2. The zero-order valence-electron chi connectivity index (χ0n) is 16.3. The second-order valence-electron chi connectivity index (χ2n) is 6.96. The third kappa shape index (κ3) is 5.01. The number of ether oxygens (including phenoxy) is 2. The normalized spacial score (nSPS) is 15.5. The minimum atomic E-state index is -0.0256. The fraction of sp³-hybridized carbons (Fsp3) is 0.500. The number of piperidine rings is 1. The van der Waals surface area contributed by atoms with Crippen LogP contribution in [-0.4, -0.2) is 54.2 Å². The Bertz CT molecular complexity index is 766. The lowest BCUT2D eigenvalue weighted by molar-refractivity contribution is -0.117. The topological polar surface area (TPSA) is 68.6 Å². The molecule has 1 fully saturated rings. The zero-order valence-corrected chi connectivity index (χ0v) is 16.3. The van der Waals surface area contributed by atoms with Gasteiger partial charge in [0, 0.05) is 25.0 Å². The van der Waals surface area contributed by atoms with E-state index in [1.165, 1.54) is 0 Å². The van der Waals surface area contributed by atoms with E-state index in [2.05, 4.69) is 19.8 Å². The molecule has 1 N–H and O–H groups in total. The Kier molecular flexibility index (Phi) is 6.34. The van der Waals surface area contributed by atoms with Gasteiger partial charge in [0.15, 0.2) is 0 Å². The maximum absolute atomic E-state index is 12.4. The predicted molar refractivity (Wildman–Crippen MR) is 104 cm³/mol. The lowest BCUT2D eigenvalue weighted by Crippen LogP contribution is -2.40. The quantitative estimate of drug-likeness (QED) is 0.809. The van der Waals surface area contributed by atoms with Crippen molar-refractivity contribution in [3.05, 3.63) is 36.4 Å². The van der Waals surface area contributed by atoms with Gasteiger partial charge in [-0.15, -0.1) is 0 Å². The van der Waals surface area contributed by atoms with E-state index in [9.17, 15) is 4.79 Å². The number of methoxy groups -OCH3 is 2. The molecule has 7 nitrogen and oxygen atoms in total. The van der Waals surface area contributed by atoms with Crippen LogP contribution in [0.2, 0.25) is 0 Å². The third-order valence-electron chi connectivity index (χ3n) is 5.14. The summed E-state index contributed by atoms with van der Waals surface area (Å²) in [6.45, 7) is 5.31. The molecule has 1 aliphatic rings. The summed E-state index contributed by atoms with van der Waals surface area (Å²) < 4.78 is 12.7. The monoisotopic (exact) mass is 372 g/mol. The summed E-state index contributed by atoms with van der Waals surface area (Å²) in [6.07, 6.45) is 6.08. The van der Waals surface area contributed by atoms with Gasteiger partial charge in [-0.05, 0) is 50.9 Å². The summed E-state index contributed by atoms with van der Waals surface area (Å²) >= 11 is 0. The van der Waals surface area contributed by atoms with Gasteiger partial charge in [0.1, 0.15) is 17.3 Å². The highest BCUT2D eigenvalue weighted by atomic mass is 16.5. The molecule has 1 aliphatic heterocycles. The lowest BCUT2D eigenvalue weighted by atomic mass is 9.96. The average molecular weight is 372 g/mol. The minimum absolute atomic E-state index is 0.0256. The summed E-state index contributed by atoms with van der Waals surface area (Å²) in [5.74, 6) is 2.96. The van der Waals surface area contributed by atoms with Crippen molar-refractivity contribution >= 4 is 11.6 Å². The standard InChI is InChI=1S/C20H28N4O3/c1-15-21-8-11-24(15)13-16-6-9-23(10-7-16)14-20(25)22-18-5-4-17(26-2)12-19(18)27-3/h4-5,8,11-12,16H,6-7,9-10,13-14H2,1-3H3,(H,22,25). The van der Waals surface area contributed by atoms with E-state index >= 15 is 0 Å². The van der Waals surface area contributed by atoms with E-state index in [0.29, 0.717) is 29.6 Å². The molecule has 0 spiro atoms. The molecule has 0 radical (unpaired) electrons. The molecule has 27 heavy (non-hydrogen) atoms. The van der Waals surface area contributed by atoms with Gasteiger partial charge >= 0.3 is 0 Å². The van der Waals surface area contributed by atoms with Gasteiger partial charge in [0.2, 0.25) is 5.91 Å². The molecule has 1 aromatic heterocycles. The molecule has 0 saturated carbocycles. The molecular formula is C20H28N4O3. The Labute approximate surface area is 160 Å². The number of hydrogen-bond acceptors (Lipinski definition) is 5.